The summed E-state index contributed by atoms with van der Waals surface area (Å²) < 4.78 is 76.4. The molecule has 3 rings (SSSR count). The molecule has 0 radical (unpaired) electrons. The molecular weight excluding hydrogens is 495 g/mol. The van der Waals surface area contributed by atoms with Crippen LogP contribution in [0.4, 0.5) is 22.0 Å². The van der Waals surface area contributed by atoms with Crippen LogP contribution in [-0.4, -0.2) is 6.11 Å². The number of hydrogen-bond donors (Lipinski definition) is 0. The normalized spacial score (nSPS) is 25.4. The predicted molar refractivity (Wildman–Crippen MR) is 144 cm³/mol. The molecule has 2 saturated carbocycles. The quantitative estimate of drug-likeness (QED) is 0.201. The van der Waals surface area contributed by atoms with Gasteiger partial charge in [0.15, 0.2) is 0 Å². The van der Waals surface area contributed by atoms with Crippen LogP contribution < -0.4 is 4.74 Å². The maximum atomic E-state index is 15.1. The highest BCUT2D eigenvalue weighted by atomic mass is 19.3. The third-order valence-electron chi connectivity index (χ3n) is 8.64. The van der Waals surface area contributed by atoms with Gasteiger partial charge in [0, 0.05) is 17.7 Å². The fourth-order valence-corrected chi connectivity index (χ4v) is 6.21. The lowest BCUT2D eigenvalue weighted by Gasteiger charge is -2.38. The molecule has 6 heteroatoms. The van der Waals surface area contributed by atoms with Gasteiger partial charge in [-0.15, -0.1) is 0 Å². The van der Waals surface area contributed by atoms with Crippen LogP contribution in [0.3, 0.4) is 0 Å². The van der Waals surface area contributed by atoms with E-state index < -0.39 is 34.9 Å². The molecule has 0 spiro atoms. The standard InChI is InChI=1S/C32H43F5O/c1-5-7-9-23-10-12-24(13-11-23)25-14-16-26(17-15-25)27(8-6-2)18-31(35)22(4)32(36,37)38-28-19-29(33)21(3)30(34)20-28/h8,18-20,23-26H,4-7,9-17H2,1-3H3/b27-8+,31-18+. The van der Waals surface area contributed by atoms with Gasteiger partial charge in [0.2, 0.25) is 0 Å². The molecule has 1 nitrogen and oxygen atoms in total. The summed E-state index contributed by atoms with van der Waals surface area (Å²) >= 11 is 0. The van der Waals surface area contributed by atoms with Gasteiger partial charge < -0.3 is 4.74 Å². The third-order valence-corrected chi connectivity index (χ3v) is 8.64. The molecule has 0 bridgehead atoms. The topological polar surface area (TPSA) is 9.23 Å². The van der Waals surface area contributed by atoms with Crippen molar-refractivity contribution in [1.82, 2.24) is 0 Å². The van der Waals surface area contributed by atoms with Gasteiger partial charge >= 0.3 is 6.11 Å². The fourth-order valence-electron chi connectivity index (χ4n) is 6.21. The van der Waals surface area contributed by atoms with Crippen LogP contribution in [0.25, 0.3) is 0 Å². The Balaban J connectivity index is 1.60. The first-order chi connectivity index (χ1) is 18.1. The molecule has 0 unspecified atom stereocenters. The number of rotatable bonds is 11. The number of ether oxygens (including phenoxy) is 1. The van der Waals surface area contributed by atoms with E-state index in [2.05, 4.69) is 18.2 Å². The number of allylic oxidation sites excluding steroid dienone is 3. The lowest BCUT2D eigenvalue weighted by Crippen LogP contribution is -2.28. The predicted octanol–water partition coefficient (Wildman–Crippen LogP) is 10.8. The van der Waals surface area contributed by atoms with E-state index in [4.69, 9.17) is 0 Å². The van der Waals surface area contributed by atoms with Crippen LogP contribution in [0.2, 0.25) is 0 Å². The molecule has 2 fully saturated rings. The summed E-state index contributed by atoms with van der Waals surface area (Å²) in [6.07, 6.45) is 12.7. The fraction of sp³-hybridized carbons (Fsp3) is 0.625. The van der Waals surface area contributed by atoms with Crippen LogP contribution >= 0.6 is 0 Å². The van der Waals surface area contributed by atoms with E-state index in [1.165, 1.54) is 51.9 Å². The Labute approximate surface area is 225 Å². The van der Waals surface area contributed by atoms with Gasteiger partial charge in [0.1, 0.15) is 23.2 Å². The second-order valence-electron chi connectivity index (χ2n) is 11.2. The molecule has 0 saturated heterocycles. The lowest BCUT2D eigenvalue weighted by atomic mass is 9.67. The minimum Gasteiger partial charge on any atom is -0.429 e. The summed E-state index contributed by atoms with van der Waals surface area (Å²) in [4.78, 5) is 0. The Morgan fingerprint density at radius 2 is 1.53 bits per heavy atom. The minimum atomic E-state index is -4.17. The van der Waals surface area contributed by atoms with E-state index in [1.807, 2.05) is 13.0 Å². The highest BCUT2D eigenvalue weighted by Gasteiger charge is 2.39. The molecule has 1 aromatic carbocycles. The van der Waals surface area contributed by atoms with Gasteiger partial charge in [-0.05, 0) is 87.2 Å². The molecule has 0 heterocycles. The molecule has 0 aliphatic heterocycles. The first-order valence-corrected chi connectivity index (χ1v) is 14.3. The summed E-state index contributed by atoms with van der Waals surface area (Å²) in [5.74, 6) is -1.50. The Kier molecular flexibility index (Phi) is 11.1. The Morgan fingerprint density at radius 3 is 2.05 bits per heavy atom. The van der Waals surface area contributed by atoms with Crippen LogP contribution in [0.1, 0.15) is 96.5 Å². The highest BCUT2D eigenvalue weighted by Crippen LogP contribution is 2.44. The summed E-state index contributed by atoms with van der Waals surface area (Å²) in [6, 6.07) is 1.31. The monoisotopic (exact) mass is 538 g/mol. The minimum absolute atomic E-state index is 0.112. The molecule has 1 aromatic rings. The zero-order valence-electron chi connectivity index (χ0n) is 23.1. The van der Waals surface area contributed by atoms with Crippen LogP contribution in [0, 0.1) is 42.2 Å². The molecule has 0 aromatic heterocycles. The molecule has 2 aliphatic rings. The van der Waals surface area contributed by atoms with Crippen LogP contribution in [-0.2, 0) is 0 Å². The maximum absolute atomic E-state index is 15.1. The Hall–Kier alpha value is -2.11. The van der Waals surface area contributed by atoms with Crippen LogP contribution in [0.5, 0.6) is 5.75 Å². The number of unbranched alkanes of at least 4 members (excludes halogenated alkanes) is 1. The van der Waals surface area contributed by atoms with Crippen molar-refractivity contribution in [3.05, 3.63) is 65.0 Å². The summed E-state index contributed by atoms with van der Waals surface area (Å²) in [7, 11) is 0. The van der Waals surface area contributed by atoms with Gasteiger partial charge in [-0.2, -0.15) is 8.78 Å². The number of hydrogen-bond acceptors (Lipinski definition) is 1. The van der Waals surface area contributed by atoms with E-state index in [1.54, 1.807) is 0 Å². The van der Waals surface area contributed by atoms with E-state index >= 15 is 4.39 Å². The second-order valence-corrected chi connectivity index (χ2v) is 11.2. The Morgan fingerprint density at radius 1 is 0.974 bits per heavy atom. The number of halogens is 5. The van der Waals surface area contributed by atoms with Gasteiger partial charge in [0.25, 0.3) is 0 Å². The summed E-state index contributed by atoms with van der Waals surface area (Å²) in [5.41, 5.74) is -0.778. The zero-order chi connectivity index (χ0) is 27.9. The lowest BCUT2D eigenvalue weighted by molar-refractivity contribution is -0.141. The van der Waals surface area contributed by atoms with E-state index in [-0.39, 0.29) is 11.5 Å². The van der Waals surface area contributed by atoms with Crippen molar-refractivity contribution in [3.63, 3.8) is 0 Å². The van der Waals surface area contributed by atoms with Crippen molar-refractivity contribution in [1.29, 1.82) is 0 Å². The van der Waals surface area contributed by atoms with E-state index in [0.717, 1.165) is 43.6 Å². The average Bonchev–Trinajstić information content (AvgIpc) is 2.90. The molecule has 0 atom stereocenters. The Bertz CT molecular complexity index is 972. The number of benzene rings is 1. The second kappa shape index (κ2) is 13.8. The summed E-state index contributed by atoms with van der Waals surface area (Å²) in [6.45, 7) is 8.57. The van der Waals surface area contributed by atoms with E-state index in [0.29, 0.717) is 30.0 Å². The third kappa shape index (κ3) is 7.95. The molecule has 0 N–H and O–H groups in total. The SMILES string of the molecule is C=C(/C(F)=C\C(=C/CC)C1CCC(C2CCC(CCCC)CC2)CC1)C(F)(F)Oc1cc(F)c(C)c(F)c1. The van der Waals surface area contributed by atoms with Crippen molar-refractivity contribution in [3.8, 4) is 5.75 Å². The largest absolute Gasteiger partial charge is 0.429 e. The van der Waals surface area contributed by atoms with Crippen molar-refractivity contribution in [2.24, 2.45) is 23.7 Å². The van der Waals surface area contributed by atoms with Crippen molar-refractivity contribution < 1.29 is 26.7 Å². The van der Waals surface area contributed by atoms with Gasteiger partial charge in [-0.3, -0.25) is 0 Å². The molecular formula is C32H43F5O. The van der Waals surface area contributed by atoms with Gasteiger partial charge in [-0.1, -0.05) is 58.6 Å². The molecule has 38 heavy (non-hydrogen) atoms. The average molecular weight is 539 g/mol. The number of alkyl halides is 2. The molecule has 212 valence electrons. The van der Waals surface area contributed by atoms with Gasteiger partial charge in [0.05, 0.1) is 5.57 Å². The van der Waals surface area contributed by atoms with Crippen molar-refractivity contribution >= 4 is 0 Å². The first kappa shape index (κ1) is 30.4. The van der Waals surface area contributed by atoms with E-state index in [9.17, 15) is 17.6 Å². The van der Waals surface area contributed by atoms with Crippen LogP contribution in [0.15, 0.2) is 47.8 Å². The highest BCUT2D eigenvalue weighted by molar-refractivity contribution is 5.37. The zero-order valence-corrected chi connectivity index (χ0v) is 23.1. The summed E-state index contributed by atoms with van der Waals surface area (Å²) in [5, 5.41) is 0. The van der Waals surface area contributed by atoms with Crippen molar-refractivity contribution in [2.45, 2.75) is 104 Å². The first-order valence-electron chi connectivity index (χ1n) is 14.3. The molecule has 0 amide bonds. The smallest absolute Gasteiger partial charge is 0.428 e. The van der Waals surface area contributed by atoms with Gasteiger partial charge in [-0.25, -0.2) is 13.2 Å². The molecule has 2 aliphatic carbocycles. The maximum Gasteiger partial charge on any atom is 0.428 e. The van der Waals surface area contributed by atoms with Crippen molar-refractivity contribution in [2.75, 3.05) is 0 Å².